The summed E-state index contributed by atoms with van der Waals surface area (Å²) in [4.78, 5) is 19.9. The number of carbonyl (C=O) groups is 1. The fourth-order valence-corrected chi connectivity index (χ4v) is 2.46. The molecule has 1 aromatic heterocycles. The molecule has 0 saturated carbocycles. The molecule has 118 valence electrons. The number of nitrogens with zero attached hydrogens (tertiary/aromatic N) is 2. The van der Waals surface area contributed by atoms with Gasteiger partial charge in [0.25, 0.3) is 0 Å². The topological polar surface area (TPSA) is 42.9 Å². The quantitative estimate of drug-likeness (QED) is 0.526. The van der Waals surface area contributed by atoms with Gasteiger partial charge in [0.2, 0.25) is 0 Å². The fraction of sp³-hybridized carbons (Fsp3) is 0.0500. The van der Waals surface area contributed by atoms with Gasteiger partial charge in [0, 0.05) is 22.4 Å². The Bertz CT molecular complexity index is 888. The molecule has 1 heterocycles. The van der Waals surface area contributed by atoms with Crippen molar-refractivity contribution in [1.29, 1.82) is 0 Å². The molecule has 0 aliphatic carbocycles. The van der Waals surface area contributed by atoms with Crippen molar-refractivity contribution in [3.8, 4) is 22.6 Å². The molecule has 0 aliphatic rings. The van der Waals surface area contributed by atoms with Crippen molar-refractivity contribution in [3.63, 3.8) is 0 Å². The van der Waals surface area contributed by atoms with Gasteiger partial charge in [-0.25, -0.2) is 14.4 Å². The lowest BCUT2D eigenvalue weighted by Crippen LogP contribution is -2.00. The highest BCUT2D eigenvalue weighted by Gasteiger charge is 2.13. The zero-order valence-electron chi connectivity index (χ0n) is 13.1. The summed E-state index contributed by atoms with van der Waals surface area (Å²) >= 11 is 0. The minimum Gasteiger partial charge on any atom is -0.299 e. The van der Waals surface area contributed by atoms with Gasteiger partial charge >= 0.3 is 0 Å². The molecule has 0 N–H and O–H groups in total. The molecule has 0 bridgehead atoms. The number of benzene rings is 2. The smallest absolute Gasteiger partial charge is 0.160 e. The van der Waals surface area contributed by atoms with Crippen molar-refractivity contribution in [1.82, 2.24) is 9.97 Å². The largest absolute Gasteiger partial charge is 0.299 e. The first-order valence-electron chi connectivity index (χ1n) is 7.51. The Morgan fingerprint density at radius 2 is 1.62 bits per heavy atom. The van der Waals surface area contributed by atoms with Crippen LogP contribution in [0.1, 0.15) is 11.3 Å². The molecule has 0 atom stereocenters. The molecule has 0 aliphatic heterocycles. The van der Waals surface area contributed by atoms with Crippen molar-refractivity contribution in [2.24, 2.45) is 0 Å². The second-order valence-electron chi connectivity index (χ2n) is 5.26. The lowest BCUT2D eigenvalue weighted by atomic mass is 10.0. The summed E-state index contributed by atoms with van der Waals surface area (Å²) < 4.78 is 13.2. The number of allylic oxidation sites excluding steroid dienone is 1. The Balaban J connectivity index is 2.22. The van der Waals surface area contributed by atoms with E-state index in [9.17, 15) is 9.18 Å². The minimum atomic E-state index is -0.308. The summed E-state index contributed by atoms with van der Waals surface area (Å²) in [5, 5.41) is 0. The van der Waals surface area contributed by atoms with Crippen LogP contribution in [0.2, 0.25) is 0 Å². The zero-order chi connectivity index (χ0) is 16.9. The second-order valence-corrected chi connectivity index (χ2v) is 5.26. The van der Waals surface area contributed by atoms with Crippen LogP contribution in [0.15, 0.2) is 60.7 Å². The number of rotatable bonds is 4. The summed E-state index contributed by atoms with van der Waals surface area (Å²) in [7, 11) is 0. The molecule has 3 rings (SSSR count). The first-order chi connectivity index (χ1) is 11.7. The number of carbonyl (C=O) groups excluding carboxylic acids is 1. The molecule has 3 nitrogen and oxygen atoms in total. The minimum absolute atomic E-state index is 0.308. The molecular formula is C20H15FN2O. The van der Waals surface area contributed by atoms with Crippen molar-refractivity contribution < 1.29 is 9.18 Å². The molecule has 0 radical (unpaired) electrons. The highest BCUT2D eigenvalue weighted by atomic mass is 19.1. The van der Waals surface area contributed by atoms with Crippen LogP contribution in [0.4, 0.5) is 4.39 Å². The van der Waals surface area contributed by atoms with E-state index in [1.54, 1.807) is 18.2 Å². The Kier molecular flexibility index (Phi) is 4.57. The van der Waals surface area contributed by atoms with Gasteiger partial charge in [-0.3, -0.25) is 4.79 Å². The summed E-state index contributed by atoms with van der Waals surface area (Å²) in [5.74, 6) is 0.286. The molecule has 0 spiro atoms. The first-order valence-corrected chi connectivity index (χ1v) is 7.51. The zero-order valence-corrected chi connectivity index (χ0v) is 13.1. The van der Waals surface area contributed by atoms with Crippen LogP contribution < -0.4 is 0 Å². The van der Waals surface area contributed by atoms with E-state index >= 15 is 0 Å². The third kappa shape index (κ3) is 3.27. The molecule has 0 fully saturated rings. The number of hydrogen-bond acceptors (Lipinski definition) is 3. The first kappa shape index (κ1) is 15.7. The maximum Gasteiger partial charge on any atom is 0.160 e. The van der Waals surface area contributed by atoms with E-state index in [-0.39, 0.29) is 5.82 Å². The van der Waals surface area contributed by atoms with Crippen molar-refractivity contribution in [2.45, 2.75) is 6.92 Å². The molecule has 0 amide bonds. The van der Waals surface area contributed by atoms with E-state index < -0.39 is 0 Å². The average Bonchev–Trinajstić information content (AvgIpc) is 2.61. The van der Waals surface area contributed by atoms with E-state index in [1.165, 1.54) is 18.2 Å². The van der Waals surface area contributed by atoms with Gasteiger partial charge in [0.1, 0.15) is 12.1 Å². The number of aryl methyl sites for hydroxylation is 1. The Hall–Kier alpha value is -3.14. The molecule has 2 aromatic carbocycles. The van der Waals surface area contributed by atoms with E-state index in [0.717, 1.165) is 22.4 Å². The van der Waals surface area contributed by atoms with E-state index in [4.69, 9.17) is 0 Å². The maximum absolute atomic E-state index is 13.2. The van der Waals surface area contributed by atoms with Crippen molar-refractivity contribution >= 4 is 12.4 Å². The van der Waals surface area contributed by atoms with Crippen molar-refractivity contribution in [2.75, 3.05) is 0 Å². The third-order valence-electron chi connectivity index (χ3n) is 3.63. The molecule has 4 heteroatoms. The van der Waals surface area contributed by atoms with Gasteiger partial charge in [0.15, 0.2) is 5.82 Å². The molecule has 3 aromatic rings. The van der Waals surface area contributed by atoms with Crippen LogP contribution in [-0.2, 0) is 4.79 Å². The van der Waals surface area contributed by atoms with Crippen LogP contribution in [0, 0.1) is 12.7 Å². The van der Waals surface area contributed by atoms with Gasteiger partial charge in [-0.05, 0) is 43.3 Å². The standard InChI is InChI=1S/C20H15FN2O/c1-14-18(8-5-13-24)19(15-9-11-17(21)12-10-15)23-20(22-14)16-6-3-2-4-7-16/h2-13H,1H3. The summed E-state index contributed by atoms with van der Waals surface area (Å²) in [6.07, 6.45) is 3.79. The lowest BCUT2D eigenvalue weighted by molar-refractivity contribution is -0.104. The van der Waals surface area contributed by atoms with E-state index in [2.05, 4.69) is 9.97 Å². The number of aldehydes is 1. The second kappa shape index (κ2) is 6.96. The summed E-state index contributed by atoms with van der Waals surface area (Å²) in [5.41, 5.74) is 3.83. The van der Waals surface area contributed by atoms with Gasteiger partial charge in [-0.15, -0.1) is 0 Å². The van der Waals surface area contributed by atoms with Crippen molar-refractivity contribution in [3.05, 3.63) is 77.7 Å². The summed E-state index contributed by atoms with van der Waals surface area (Å²) in [6.45, 7) is 1.87. The molecule has 24 heavy (non-hydrogen) atoms. The van der Waals surface area contributed by atoms with Crippen LogP contribution >= 0.6 is 0 Å². The molecule has 0 unspecified atom stereocenters. The Labute approximate surface area is 139 Å². The van der Waals surface area contributed by atoms with Crippen LogP contribution in [0.25, 0.3) is 28.7 Å². The SMILES string of the molecule is Cc1nc(-c2ccccc2)nc(-c2ccc(F)cc2)c1C=CC=O. The highest BCUT2D eigenvalue weighted by Crippen LogP contribution is 2.28. The van der Waals surface area contributed by atoms with Crippen LogP contribution in [0.5, 0.6) is 0 Å². The van der Waals surface area contributed by atoms with Crippen LogP contribution in [0.3, 0.4) is 0 Å². The van der Waals surface area contributed by atoms with Crippen LogP contribution in [-0.4, -0.2) is 16.3 Å². The predicted octanol–water partition coefficient (Wildman–Crippen LogP) is 4.47. The Morgan fingerprint density at radius 1 is 0.917 bits per heavy atom. The number of aromatic nitrogens is 2. The number of hydrogen-bond donors (Lipinski definition) is 0. The van der Waals surface area contributed by atoms with E-state index in [0.29, 0.717) is 17.8 Å². The van der Waals surface area contributed by atoms with Gasteiger partial charge in [-0.2, -0.15) is 0 Å². The predicted molar refractivity (Wildman–Crippen MR) is 92.7 cm³/mol. The maximum atomic E-state index is 13.2. The average molecular weight is 318 g/mol. The monoisotopic (exact) mass is 318 g/mol. The Morgan fingerprint density at radius 3 is 2.29 bits per heavy atom. The summed E-state index contributed by atoms with van der Waals surface area (Å²) in [6, 6.07) is 15.8. The van der Waals surface area contributed by atoms with Gasteiger partial charge in [0.05, 0.1) is 5.69 Å². The third-order valence-corrected chi connectivity index (χ3v) is 3.63. The molecular weight excluding hydrogens is 303 g/mol. The lowest BCUT2D eigenvalue weighted by Gasteiger charge is -2.11. The van der Waals surface area contributed by atoms with Gasteiger partial charge < -0.3 is 0 Å². The number of halogens is 1. The normalized spacial score (nSPS) is 10.9. The van der Waals surface area contributed by atoms with Gasteiger partial charge in [-0.1, -0.05) is 30.3 Å². The van der Waals surface area contributed by atoms with E-state index in [1.807, 2.05) is 37.3 Å². The molecule has 0 saturated heterocycles. The fourth-order valence-electron chi connectivity index (χ4n) is 2.46. The highest BCUT2D eigenvalue weighted by molar-refractivity contribution is 5.81.